The molecule has 0 aliphatic heterocycles. The molecule has 0 fully saturated rings. The number of thiazole rings is 1. The van der Waals surface area contributed by atoms with E-state index in [0.29, 0.717) is 10.2 Å². The first-order chi connectivity index (χ1) is 7.66. The van der Waals surface area contributed by atoms with Gasteiger partial charge in [0.05, 0.1) is 5.51 Å². The van der Waals surface area contributed by atoms with Crippen LogP contribution in [0.25, 0.3) is 0 Å². The van der Waals surface area contributed by atoms with Crippen LogP contribution >= 0.6 is 27.3 Å². The summed E-state index contributed by atoms with van der Waals surface area (Å²) in [5, 5.41) is 1.71. The van der Waals surface area contributed by atoms with Crippen molar-refractivity contribution in [2.45, 2.75) is 6.42 Å². The van der Waals surface area contributed by atoms with Crippen molar-refractivity contribution in [3.05, 3.63) is 50.6 Å². The Bertz CT molecular complexity index is 513. The van der Waals surface area contributed by atoms with Gasteiger partial charge in [0.2, 0.25) is 0 Å². The number of carbonyl (C=O) groups is 1. The number of Topliss-reactive ketones (excluding diaryl/α,β-unsaturated/α-hetero) is 1. The molecule has 0 bridgehead atoms. The van der Waals surface area contributed by atoms with Crippen molar-refractivity contribution in [2.24, 2.45) is 0 Å². The van der Waals surface area contributed by atoms with Gasteiger partial charge in [0.15, 0.2) is 5.78 Å². The number of benzene rings is 1. The Morgan fingerprint density at radius 2 is 2.31 bits per heavy atom. The van der Waals surface area contributed by atoms with E-state index in [0.717, 1.165) is 5.56 Å². The molecule has 1 aromatic heterocycles. The fourth-order valence-electron chi connectivity index (χ4n) is 1.28. The first kappa shape index (κ1) is 11.4. The van der Waals surface area contributed by atoms with Gasteiger partial charge in [-0.25, -0.2) is 9.37 Å². The van der Waals surface area contributed by atoms with Gasteiger partial charge in [-0.05, 0) is 17.7 Å². The van der Waals surface area contributed by atoms with E-state index in [9.17, 15) is 9.18 Å². The van der Waals surface area contributed by atoms with E-state index in [1.807, 2.05) is 0 Å². The molecule has 2 nitrogen and oxygen atoms in total. The third-order valence-corrected chi connectivity index (χ3v) is 3.41. The minimum atomic E-state index is -0.322. The van der Waals surface area contributed by atoms with E-state index in [2.05, 4.69) is 20.9 Å². The highest BCUT2D eigenvalue weighted by atomic mass is 79.9. The zero-order valence-corrected chi connectivity index (χ0v) is 10.5. The van der Waals surface area contributed by atoms with Crippen molar-refractivity contribution >= 4 is 33.0 Å². The molecule has 16 heavy (non-hydrogen) atoms. The Labute approximate surface area is 104 Å². The zero-order valence-electron chi connectivity index (χ0n) is 8.11. The van der Waals surface area contributed by atoms with Crippen LogP contribution in [0.2, 0.25) is 0 Å². The molecule has 1 heterocycles. The molecule has 2 rings (SSSR count). The van der Waals surface area contributed by atoms with Crippen molar-refractivity contribution in [3.8, 4) is 0 Å². The molecule has 0 saturated carbocycles. The lowest BCUT2D eigenvalue weighted by Gasteiger charge is -2.02. The molecule has 0 unspecified atom stereocenters. The van der Waals surface area contributed by atoms with E-state index < -0.39 is 0 Å². The van der Waals surface area contributed by atoms with Crippen LogP contribution in [0.15, 0.2) is 33.6 Å². The van der Waals surface area contributed by atoms with Crippen LogP contribution in [0.1, 0.15) is 16.1 Å². The summed E-state index contributed by atoms with van der Waals surface area (Å²) in [5.41, 5.74) is 2.84. The minimum Gasteiger partial charge on any atom is -0.292 e. The Balaban J connectivity index is 2.18. The maximum absolute atomic E-state index is 12.8. The second kappa shape index (κ2) is 4.84. The quantitative estimate of drug-likeness (QED) is 0.812. The van der Waals surface area contributed by atoms with Crippen LogP contribution in [0.3, 0.4) is 0 Å². The van der Waals surface area contributed by atoms with Gasteiger partial charge in [-0.1, -0.05) is 22.0 Å². The molecular formula is C11H7BrFNOS. The number of hydrogen-bond acceptors (Lipinski definition) is 3. The molecule has 82 valence electrons. The number of ketones is 1. The zero-order chi connectivity index (χ0) is 11.5. The van der Waals surface area contributed by atoms with Gasteiger partial charge in [-0.15, -0.1) is 11.3 Å². The lowest BCUT2D eigenvalue weighted by molar-refractivity contribution is 0.0988. The number of rotatable bonds is 3. The first-order valence-corrected chi connectivity index (χ1v) is 6.25. The molecular weight excluding hydrogens is 293 g/mol. The van der Waals surface area contributed by atoms with Crippen LogP contribution in [-0.2, 0) is 6.42 Å². The largest absolute Gasteiger partial charge is 0.292 e. The summed E-state index contributed by atoms with van der Waals surface area (Å²) in [6, 6.07) is 4.29. The second-order valence-corrected chi connectivity index (χ2v) is 4.78. The van der Waals surface area contributed by atoms with E-state index in [1.54, 1.807) is 17.0 Å². The van der Waals surface area contributed by atoms with Crippen LogP contribution in [0, 0.1) is 5.82 Å². The molecule has 1 aromatic carbocycles. The Kier molecular flexibility index (Phi) is 3.46. The number of aromatic nitrogens is 1. The highest BCUT2D eigenvalue weighted by molar-refractivity contribution is 9.10. The van der Waals surface area contributed by atoms with Gasteiger partial charge >= 0.3 is 0 Å². The Hall–Kier alpha value is -1.07. The Morgan fingerprint density at radius 3 is 2.94 bits per heavy atom. The number of carbonyl (C=O) groups excluding carboxylic acids is 1. The van der Waals surface area contributed by atoms with Crippen LogP contribution < -0.4 is 0 Å². The number of halogens is 2. The lowest BCUT2D eigenvalue weighted by Crippen LogP contribution is -2.04. The third-order valence-electron chi connectivity index (χ3n) is 2.08. The smallest absolute Gasteiger partial charge is 0.186 e. The standard InChI is InChI=1S/C11H7BrFNOS/c12-9-4-8(13)2-1-7(9)3-11(15)10-5-16-6-14-10/h1-2,4-6H,3H2. The summed E-state index contributed by atoms with van der Waals surface area (Å²) >= 11 is 4.61. The normalized spacial score (nSPS) is 10.4. The molecule has 0 atom stereocenters. The third kappa shape index (κ3) is 2.54. The van der Waals surface area contributed by atoms with E-state index in [-0.39, 0.29) is 18.0 Å². The predicted octanol–water partition coefficient (Wildman–Crippen LogP) is 3.47. The van der Waals surface area contributed by atoms with Crippen LogP contribution in [0.4, 0.5) is 4.39 Å². The van der Waals surface area contributed by atoms with Gasteiger partial charge in [-0.2, -0.15) is 0 Å². The molecule has 5 heteroatoms. The molecule has 2 aromatic rings. The molecule has 0 saturated heterocycles. The van der Waals surface area contributed by atoms with Crippen molar-refractivity contribution in [3.63, 3.8) is 0 Å². The summed E-state index contributed by atoms with van der Waals surface area (Å²) in [4.78, 5) is 15.7. The summed E-state index contributed by atoms with van der Waals surface area (Å²) in [7, 11) is 0. The average molecular weight is 300 g/mol. The monoisotopic (exact) mass is 299 g/mol. The van der Waals surface area contributed by atoms with Gasteiger partial charge < -0.3 is 0 Å². The maximum atomic E-state index is 12.8. The fraction of sp³-hybridized carbons (Fsp3) is 0.0909. The number of hydrogen-bond donors (Lipinski definition) is 0. The van der Waals surface area contributed by atoms with Crippen molar-refractivity contribution in [2.75, 3.05) is 0 Å². The fourth-order valence-corrected chi connectivity index (χ4v) is 2.33. The van der Waals surface area contributed by atoms with Gasteiger partial charge in [0, 0.05) is 16.3 Å². The van der Waals surface area contributed by atoms with Crippen molar-refractivity contribution in [1.29, 1.82) is 0 Å². The van der Waals surface area contributed by atoms with Gasteiger partial charge in [-0.3, -0.25) is 4.79 Å². The average Bonchev–Trinajstić information content (AvgIpc) is 2.75. The molecule has 0 aliphatic rings. The SMILES string of the molecule is O=C(Cc1ccc(F)cc1Br)c1cscn1. The molecule has 0 N–H and O–H groups in total. The summed E-state index contributed by atoms with van der Waals surface area (Å²) in [6.07, 6.45) is 0.227. The van der Waals surface area contributed by atoms with Gasteiger partial charge in [0.25, 0.3) is 0 Å². The minimum absolute atomic E-state index is 0.0615. The van der Waals surface area contributed by atoms with Crippen LogP contribution in [-0.4, -0.2) is 10.8 Å². The molecule has 0 radical (unpaired) electrons. The van der Waals surface area contributed by atoms with Gasteiger partial charge in [0.1, 0.15) is 11.5 Å². The topological polar surface area (TPSA) is 30.0 Å². The molecule has 0 amide bonds. The van der Waals surface area contributed by atoms with E-state index in [4.69, 9.17) is 0 Å². The molecule has 0 spiro atoms. The predicted molar refractivity (Wildman–Crippen MR) is 64.2 cm³/mol. The maximum Gasteiger partial charge on any atom is 0.186 e. The second-order valence-electron chi connectivity index (χ2n) is 3.21. The first-order valence-electron chi connectivity index (χ1n) is 4.52. The lowest BCUT2D eigenvalue weighted by atomic mass is 10.1. The molecule has 0 aliphatic carbocycles. The highest BCUT2D eigenvalue weighted by Gasteiger charge is 2.11. The summed E-state index contributed by atoms with van der Waals surface area (Å²) in [6.45, 7) is 0. The number of nitrogens with zero attached hydrogens (tertiary/aromatic N) is 1. The Morgan fingerprint density at radius 1 is 1.50 bits per heavy atom. The van der Waals surface area contributed by atoms with Crippen molar-refractivity contribution in [1.82, 2.24) is 4.98 Å². The van der Waals surface area contributed by atoms with E-state index >= 15 is 0 Å². The highest BCUT2D eigenvalue weighted by Crippen LogP contribution is 2.19. The summed E-state index contributed by atoms with van der Waals surface area (Å²) < 4.78 is 13.4. The van der Waals surface area contributed by atoms with Crippen LogP contribution in [0.5, 0.6) is 0 Å². The van der Waals surface area contributed by atoms with E-state index in [1.165, 1.54) is 23.5 Å². The summed E-state index contributed by atoms with van der Waals surface area (Å²) in [5.74, 6) is -0.384. The van der Waals surface area contributed by atoms with Crippen molar-refractivity contribution < 1.29 is 9.18 Å².